The molecule has 22 heavy (non-hydrogen) atoms. The molecule has 2 N–H and O–H groups in total. The van der Waals surface area contributed by atoms with Crippen molar-refractivity contribution < 1.29 is 31.1 Å². The van der Waals surface area contributed by atoms with E-state index in [0.717, 1.165) is 6.07 Å². The van der Waals surface area contributed by atoms with Crippen LogP contribution in [0, 0.1) is 23.3 Å². The van der Waals surface area contributed by atoms with Gasteiger partial charge < -0.3 is 5.11 Å². The molecule has 0 heterocycles. The van der Waals surface area contributed by atoms with E-state index < -0.39 is 50.5 Å². The van der Waals surface area contributed by atoms with Crippen molar-refractivity contribution in [3.63, 3.8) is 0 Å². The zero-order valence-electron chi connectivity index (χ0n) is 10.8. The Labute approximate surface area is 123 Å². The highest BCUT2D eigenvalue weighted by atomic mass is 32.2. The molecular formula is C13H9F4NO3S. The van der Waals surface area contributed by atoms with E-state index in [9.17, 15) is 26.0 Å². The zero-order valence-corrected chi connectivity index (χ0v) is 11.6. The van der Waals surface area contributed by atoms with Crippen molar-refractivity contribution in [1.29, 1.82) is 0 Å². The second-order valence-electron chi connectivity index (χ2n) is 4.21. The molecule has 2 rings (SSSR count). The van der Waals surface area contributed by atoms with E-state index in [1.807, 2.05) is 0 Å². The van der Waals surface area contributed by atoms with Gasteiger partial charge in [0.2, 0.25) is 0 Å². The van der Waals surface area contributed by atoms with E-state index in [4.69, 9.17) is 5.11 Å². The van der Waals surface area contributed by atoms with E-state index >= 15 is 0 Å². The third-order valence-electron chi connectivity index (χ3n) is 2.80. The molecule has 9 heteroatoms. The number of benzene rings is 2. The topological polar surface area (TPSA) is 66.4 Å². The van der Waals surface area contributed by atoms with Crippen LogP contribution in [0.1, 0.15) is 5.56 Å². The summed E-state index contributed by atoms with van der Waals surface area (Å²) in [6.45, 7) is -0.685. The molecule has 2 aromatic rings. The van der Waals surface area contributed by atoms with Crippen LogP contribution in [0.5, 0.6) is 0 Å². The fraction of sp³-hybridized carbons (Fsp3) is 0.0769. The highest BCUT2D eigenvalue weighted by Gasteiger charge is 2.25. The summed E-state index contributed by atoms with van der Waals surface area (Å²) < 4.78 is 78.9. The lowest BCUT2D eigenvalue weighted by atomic mass is 10.2. The maximum Gasteiger partial charge on any atom is 0.265 e. The minimum atomic E-state index is -4.72. The average Bonchev–Trinajstić information content (AvgIpc) is 2.46. The lowest BCUT2D eigenvalue weighted by molar-refractivity contribution is 0.282. The first-order valence-corrected chi connectivity index (χ1v) is 7.31. The molecular weight excluding hydrogens is 326 g/mol. The van der Waals surface area contributed by atoms with Crippen LogP contribution in [-0.4, -0.2) is 13.5 Å². The minimum Gasteiger partial charge on any atom is -0.392 e. The van der Waals surface area contributed by atoms with Crippen LogP contribution in [0.3, 0.4) is 0 Å². The summed E-state index contributed by atoms with van der Waals surface area (Å²) in [5.74, 6) is -6.45. The summed E-state index contributed by atoms with van der Waals surface area (Å²) in [5.41, 5.74) is -0.708. The summed E-state index contributed by atoms with van der Waals surface area (Å²) >= 11 is 0. The molecule has 2 aromatic carbocycles. The molecule has 0 unspecified atom stereocenters. The van der Waals surface area contributed by atoms with Crippen LogP contribution in [0.4, 0.5) is 23.2 Å². The molecule has 0 aliphatic carbocycles. The summed E-state index contributed by atoms with van der Waals surface area (Å²) in [5, 5.41) is 9.06. The summed E-state index contributed by atoms with van der Waals surface area (Å²) in [4.78, 5) is -1.18. The Morgan fingerprint density at radius 1 is 0.955 bits per heavy atom. The molecule has 0 saturated heterocycles. The fourth-order valence-corrected chi connectivity index (χ4v) is 2.90. The van der Waals surface area contributed by atoms with Crippen molar-refractivity contribution in [2.24, 2.45) is 0 Å². The van der Waals surface area contributed by atoms with Crippen LogP contribution in [-0.2, 0) is 16.6 Å². The number of sulfonamides is 1. The third-order valence-corrected chi connectivity index (χ3v) is 4.16. The van der Waals surface area contributed by atoms with Crippen molar-refractivity contribution in [3.8, 4) is 0 Å². The van der Waals surface area contributed by atoms with Gasteiger partial charge in [-0.2, -0.15) is 0 Å². The van der Waals surface area contributed by atoms with E-state index in [0.29, 0.717) is 12.1 Å². The monoisotopic (exact) mass is 335 g/mol. The Kier molecular flexibility index (Phi) is 4.38. The molecule has 0 aromatic heterocycles. The summed E-state index contributed by atoms with van der Waals surface area (Å²) in [7, 11) is -4.72. The Morgan fingerprint density at radius 3 is 2.27 bits per heavy atom. The highest BCUT2D eigenvalue weighted by Crippen LogP contribution is 2.26. The van der Waals surface area contributed by atoms with Gasteiger partial charge in [-0.1, -0.05) is 12.1 Å². The average molecular weight is 335 g/mol. The van der Waals surface area contributed by atoms with Crippen LogP contribution < -0.4 is 4.72 Å². The first-order chi connectivity index (χ1) is 10.3. The van der Waals surface area contributed by atoms with Gasteiger partial charge in [-0.05, 0) is 18.2 Å². The van der Waals surface area contributed by atoms with Crippen molar-refractivity contribution in [2.75, 3.05) is 4.72 Å². The molecule has 118 valence electrons. The molecule has 0 radical (unpaired) electrons. The predicted octanol–water partition coefficient (Wildman–Crippen LogP) is 2.54. The number of aliphatic hydroxyl groups excluding tert-OH is 1. The normalized spacial score (nSPS) is 11.5. The first kappa shape index (κ1) is 16.2. The van der Waals surface area contributed by atoms with Crippen LogP contribution in [0.25, 0.3) is 0 Å². The molecule has 0 aliphatic rings. The maximum absolute atomic E-state index is 13.7. The number of anilines is 1. The molecule has 0 amide bonds. The largest absolute Gasteiger partial charge is 0.392 e. The Bertz CT molecular complexity index is 824. The predicted molar refractivity (Wildman–Crippen MR) is 69.4 cm³/mol. The molecule has 0 spiro atoms. The van der Waals surface area contributed by atoms with Gasteiger partial charge in [-0.15, -0.1) is 0 Å². The Balaban J connectivity index is 2.52. The van der Waals surface area contributed by atoms with Gasteiger partial charge in [-0.3, -0.25) is 4.72 Å². The van der Waals surface area contributed by atoms with E-state index in [-0.39, 0.29) is 5.56 Å². The number of aliphatic hydroxyl groups is 1. The second-order valence-corrected chi connectivity index (χ2v) is 5.86. The van der Waals surface area contributed by atoms with E-state index in [1.165, 1.54) is 12.1 Å². The van der Waals surface area contributed by atoms with Gasteiger partial charge in [0.15, 0.2) is 17.5 Å². The van der Waals surface area contributed by atoms with Crippen molar-refractivity contribution in [2.45, 2.75) is 11.5 Å². The van der Waals surface area contributed by atoms with Crippen LogP contribution >= 0.6 is 0 Å². The maximum atomic E-state index is 13.7. The van der Waals surface area contributed by atoms with Crippen molar-refractivity contribution in [1.82, 2.24) is 0 Å². The summed E-state index contributed by atoms with van der Waals surface area (Å²) in [6.07, 6.45) is 0. The van der Waals surface area contributed by atoms with Gasteiger partial charge in [0.25, 0.3) is 10.0 Å². The van der Waals surface area contributed by atoms with Crippen LogP contribution in [0.15, 0.2) is 35.2 Å². The van der Waals surface area contributed by atoms with Crippen molar-refractivity contribution in [3.05, 3.63) is 59.2 Å². The minimum absolute atomic E-state index is 0.105. The van der Waals surface area contributed by atoms with Gasteiger partial charge in [0, 0.05) is 5.56 Å². The SMILES string of the molecule is O=S(=O)(Nc1c(F)cccc1CO)c1ccc(F)c(F)c1F. The Morgan fingerprint density at radius 2 is 1.64 bits per heavy atom. The van der Waals surface area contributed by atoms with E-state index in [2.05, 4.69) is 0 Å². The lowest BCUT2D eigenvalue weighted by Crippen LogP contribution is -2.18. The highest BCUT2D eigenvalue weighted by molar-refractivity contribution is 7.92. The van der Waals surface area contributed by atoms with Gasteiger partial charge in [-0.25, -0.2) is 26.0 Å². The van der Waals surface area contributed by atoms with Gasteiger partial charge >= 0.3 is 0 Å². The molecule has 0 atom stereocenters. The molecule has 0 saturated carbocycles. The van der Waals surface area contributed by atoms with E-state index in [1.54, 1.807) is 4.72 Å². The lowest BCUT2D eigenvalue weighted by Gasteiger charge is -2.13. The fourth-order valence-electron chi connectivity index (χ4n) is 1.72. The standard InChI is InChI=1S/C13H9F4NO3S/c14-8-4-5-10(12(17)11(8)16)22(20,21)18-13-7(6-19)2-1-3-9(13)15/h1-5,18-19H,6H2. The third kappa shape index (κ3) is 2.90. The number of hydrogen-bond donors (Lipinski definition) is 2. The number of hydrogen-bond acceptors (Lipinski definition) is 3. The number of rotatable bonds is 4. The molecule has 0 bridgehead atoms. The van der Waals surface area contributed by atoms with Crippen LogP contribution in [0.2, 0.25) is 0 Å². The summed E-state index contributed by atoms with van der Waals surface area (Å²) in [6, 6.07) is 4.33. The molecule has 4 nitrogen and oxygen atoms in total. The second kappa shape index (κ2) is 5.93. The number of para-hydroxylation sites is 1. The van der Waals surface area contributed by atoms with Gasteiger partial charge in [0.1, 0.15) is 10.7 Å². The quantitative estimate of drug-likeness (QED) is 0.667. The zero-order chi connectivity index (χ0) is 16.5. The first-order valence-electron chi connectivity index (χ1n) is 5.82. The molecule has 0 fully saturated rings. The Hall–Kier alpha value is -2.13. The number of nitrogens with one attached hydrogen (secondary N) is 1. The molecule has 0 aliphatic heterocycles. The van der Waals surface area contributed by atoms with Gasteiger partial charge in [0.05, 0.1) is 12.3 Å². The van der Waals surface area contributed by atoms with Crippen molar-refractivity contribution >= 4 is 15.7 Å². The number of halogens is 4. The smallest absolute Gasteiger partial charge is 0.265 e.